The highest BCUT2D eigenvalue weighted by molar-refractivity contribution is 7.99. The van der Waals surface area contributed by atoms with Gasteiger partial charge in [-0.3, -0.25) is 10.1 Å². The number of benzene rings is 2. The smallest absolute Gasteiger partial charge is 0.283 e. The van der Waals surface area contributed by atoms with E-state index in [1.165, 1.54) is 31.2 Å². The Bertz CT molecular complexity index is 669. The molecule has 21 heavy (non-hydrogen) atoms. The molecule has 0 unspecified atom stereocenters. The van der Waals surface area contributed by atoms with Crippen molar-refractivity contribution in [1.82, 2.24) is 0 Å². The summed E-state index contributed by atoms with van der Waals surface area (Å²) in [6.07, 6.45) is 1.44. The molecule has 0 bridgehead atoms. The minimum Gasteiger partial charge on any atom is -0.399 e. The van der Waals surface area contributed by atoms with Crippen molar-refractivity contribution in [1.29, 1.82) is 0 Å². The van der Waals surface area contributed by atoms with Crippen LogP contribution in [0.3, 0.4) is 0 Å². The van der Waals surface area contributed by atoms with Crippen LogP contribution in [0.25, 0.3) is 0 Å². The number of nitrogens with zero attached hydrogens (tertiary/aromatic N) is 2. The summed E-state index contributed by atoms with van der Waals surface area (Å²) in [5.41, 5.74) is 1.83. The summed E-state index contributed by atoms with van der Waals surface area (Å²) in [5.74, 6) is 0. The molecule has 2 aromatic rings. The fourth-order valence-electron chi connectivity index (χ4n) is 1.69. The molecule has 0 saturated carbocycles. The number of rotatable bonds is 5. The van der Waals surface area contributed by atoms with E-state index in [2.05, 4.69) is 9.99 Å². The van der Waals surface area contributed by atoms with E-state index in [9.17, 15) is 10.1 Å². The van der Waals surface area contributed by atoms with Crippen molar-refractivity contribution in [2.24, 2.45) is 5.16 Å². The van der Waals surface area contributed by atoms with Crippen LogP contribution >= 0.6 is 11.8 Å². The van der Waals surface area contributed by atoms with Gasteiger partial charge in [0.2, 0.25) is 0 Å². The second kappa shape index (κ2) is 6.90. The largest absolute Gasteiger partial charge is 0.399 e. The Morgan fingerprint density at radius 1 is 1.24 bits per heavy atom. The lowest BCUT2D eigenvalue weighted by Crippen LogP contribution is -1.93. The minimum absolute atomic E-state index is 0.0561. The zero-order chi connectivity index (χ0) is 15.2. The highest BCUT2D eigenvalue weighted by atomic mass is 32.2. The van der Waals surface area contributed by atoms with Crippen molar-refractivity contribution in [2.75, 3.05) is 7.11 Å². The molecule has 0 spiro atoms. The molecule has 0 heterocycles. The predicted molar refractivity (Wildman–Crippen MR) is 83.0 cm³/mol. The lowest BCUT2D eigenvalue weighted by atomic mass is 10.2. The van der Waals surface area contributed by atoms with Crippen molar-refractivity contribution in [3.63, 3.8) is 0 Å². The van der Waals surface area contributed by atoms with Crippen LogP contribution in [0.2, 0.25) is 0 Å². The molecular formula is C15H14N2O3S. The van der Waals surface area contributed by atoms with Gasteiger partial charge in [-0.25, -0.2) is 0 Å². The molecular weight excluding hydrogens is 288 g/mol. The van der Waals surface area contributed by atoms with E-state index in [0.717, 1.165) is 10.5 Å². The minimum atomic E-state index is -0.388. The maximum Gasteiger partial charge on any atom is 0.283 e. The predicted octanol–water partition coefficient (Wildman–Crippen LogP) is 4.03. The molecule has 2 aromatic carbocycles. The second-order valence-corrected chi connectivity index (χ2v) is 5.43. The summed E-state index contributed by atoms with van der Waals surface area (Å²) in [5, 5.41) is 14.8. The third-order valence-electron chi connectivity index (χ3n) is 2.74. The molecule has 0 radical (unpaired) electrons. The quantitative estimate of drug-likeness (QED) is 0.475. The third-order valence-corrected chi connectivity index (χ3v) is 3.81. The van der Waals surface area contributed by atoms with Gasteiger partial charge in [-0.1, -0.05) is 40.7 Å². The van der Waals surface area contributed by atoms with E-state index >= 15 is 0 Å². The van der Waals surface area contributed by atoms with Gasteiger partial charge in [0.15, 0.2) is 0 Å². The summed E-state index contributed by atoms with van der Waals surface area (Å²) in [6, 6.07) is 12.8. The first-order chi connectivity index (χ1) is 10.1. The van der Waals surface area contributed by atoms with Gasteiger partial charge in [0.05, 0.1) is 16.0 Å². The normalized spacial score (nSPS) is 10.8. The number of oxime groups is 1. The van der Waals surface area contributed by atoms with Crippen LogP contribution in [0, 0.1) is 17.0 Å². The fourth-order valence-corrected chi connectivity index (χ4v) is 2.59. The summed E-state index contributed by atoms with van der Waals surface area (Å²) < 4.78 is 0. The lowest BCUT2D eigenvalue weighted by Gasteiger charge is -2.04. The monoisotopic (exact) mass is 302 g/mol. The van der Waals surface area contributed by atoms with E-state index in [1.807, 2.05) is 31.2 Å². The first kappa shape index (κ1) is 15.1. The molecule has 5 nitrogen and oxygen atoms in total. The van der Waals surface area contributed by atoms with Crippen LogP contribution in [0.15, 0.2) is 57.4 Å². The number of hydrogen-bond donors (Lipinski definition) is 0. The van der Waals surface area contributed by atoms with Crippen molar-refractivity contribution < 1.29 is 9.76 Å². The van der Waals surface area contributed by atoms with Crippen molar-refractivity contribution >= 4 is 23.7 Å². The Balaban J connectivity index is 2.32. The molecule has 0 aliphatic heterocycles. The highest BCUT2D eigenvalue weighted by Gasteiger charge is 2.15. The molecule has 0 aliphatic carbocycles. The van der Waals surface area contributed by atoms with Gasteiger partial charge in [0.25, 0.3) is 5.69 Å². The molecule has 2 rings (SSSR count). The fraction of sp³-hybridized carbons (Fsp3) is 0.133. The summed E-state index contributed by atoms with van der Waals surface area (Å²) >= 11 is 1.37. The summed E-state index contributed by atoms with van der Waals surface area (Å²) in [7, 11) is 1.42. The van der Waals surface area contributed by atoms with Crippen LogP contribution in [0.5, 0.6) is 0 Å². The molecule has 108 valence electrons. The zero-order valence-electron chi connectivity index (χ0n) is 11.6. The molecule has 0 saturated heterocycles. The maximum absolute atomic E-state index is 11.2. The van der Waals surface area contributed by atoms with E-state index in [-0.39, 0.29) is 10.6 Å². The average molecular weight is 302 g/mol. The second-order valence-electron chi connectivity index (χ2n) is 4.32. The van der Waals surface area contributed by atoms with E-state index < -0.39 is 0 Å². The van der Waals surface area contributed by atoms with E-state index in [0.29, 0.717) is 10.5 Å². The number of nitro groups is 1. The standard InChI is InChI=1S/C15H14N2O3S/c1-11-3-6-13(7-4-11)21-15-8-5-12(10-16-20-2)9-14(15)17(18)19/h3-10H,1-2H3. The van der Waals surface area contributed by atoms with Gasteiger partial charge in [-0.05, 0) is 25.1 Å². The number of hydrogen-bond acceptors (Lipinski definition) is 5. The first-order valence-corrected chi connectivity index (χ1v) is 7.01. The average Bonchev–Trinajstić information content (AvgIpc) is 2.48. The maximum atomic E-state index is 11.2. The van der Waals surface area contributed by atoms with Crippen LogP contribution in [0.4, 0.5) is 5.69 Å². The van der Waals surface area contributed by atoms with E-state index in [1.54, 1.807) is 12.1 Å². The molecule has 0 atom stereocenters. The molecule has 0 amide bonds. The lowest BCUT2D eigenvalue weighted by molar-refractivity contribution is -0.387. The molecule has 6 heteroatoms. The number of nitro benzene ring substituents is 1. The van der Waals surface area contributed by atoms with Gasteiger partial charge in [0.1, 0.15) is 7.11 Å². The SMILES string of the molecule is CON=Cc1ccc(Sc2ccc(C)cc2)c([N+](=O)[O-])c1. The van der Waals surface area contributed by atoms with Crippen molar-refractivity contribution in [3.05, 3.63) is 63.7 Å². The summed E-state index contributed by atoms with van der Waals surface area (Å²) in [6.45, 7) is 2.00. The Labute approximate surface area is 126 Å². The number of aryl methyl sites for hydroxylation is 1. The van der Waals surface area contributed by atoms with Crippen LogP contribution < -0.4 is 0 Å². The van der Waals surface area contributed by atoms with Crippen molar-refractivity contribution in [2.45, 2.75) is 16.7 Å². The molecule has 0 aromatic heterocycles. The third kappa shape index (κ3) is 4.06. The van der Waals surface area contributed by atoms with Gasteiger partial charge in [-0.2, -0.15) is 0 Å². The van der Waals surface area contributed by atoms with E-state index in [4.69, 9.17) is 0 Å². The molecule has 0 fully saturated rings. The molecule has 0 aliphatic rings. The Kier molecular flexibility index (Phi) is 4.94. The zero-order valence-corrected chi connectivity index (χ0v) is 12.5. The van der Waals surface area contributed by atoms with Crippen LogP contribution in [-0.4, -0.2) is 18.2 Å². The van der Waals surface area contributed by atoms with Gasteiger partial charge in [0, 0.05) is 16.5 Å². The van der Waals surface area contributed by atoms with Crippen molar-refractivity contribution in [3.8, 4) is 0 Å². The topological polar surface area (TPSA) is 64.7 Å². The van der Waals surface area contributed by atoms with Gasteiger partial charge in [-0.15, -0.1) is 0 Å². The molecule has 0 N–H and O–H groups in total. The Morgan fingerprint density at radius 3 is 2.57 bits per heavy atom. The van der Waals surface area contributed by atoms with Gasteiger partial charge < -0.3 is 4.84 Å². The first-order valence-electron chi connectivity index (χ1n) is 6.19. The summed E-state index contributed by atoms with van der Waals surface area (Å²) in [4.78, 5) is 17.0. The highest BCUT2D eigenvalue weighted by Crippen LogP contribution is 2.35. The van der Waals surface area contributed by atoms with Gasteiger partial charge >= 0.3 is 0 Å². The van der Waals surface area contributed by atoms with Crippen LogP contribution in [-0.2, 0) is 4.84 Å². The van der Waals surface area contributed by atoms with Crippen LogP contribution in [0.1, 0.15) is 11.1 Å². The Morgan fingerprint density at radius 2 is 1.95 bits per heavy atom. The Hall–Kier alpha value is -2.34.